The molecular weight excluding hydrogens is 258 g/mol. The minimum atomic E-state index is -0.611. The van der Waals surface area contributed by atoms with E-state index in [0.717, 1.165) is 23.1 Å². The molecule has 1 atom stereocenters. The Balaban J connectivity index is 2.24. The number of nitrogens with zero attached hydrogens (tertiary/aromatic N) is 1. The van der Waals surface area contributed by atoms with E-state index in [0.29, 0.717) is 0 Å². The third kappa shape index (κ3) is 1.85. The third-order valence-electron chi connectivity index (χ3n) is 3.85. The normalized spacial score (nSPS) is 17.8. The first-order valence-electron chi connectivity index (χ1n) is 6.53. The molecule has 0 amide bonds. The largest absolute Gasteiger partial charge is 0.494 e. The van der Waals surface area contributed by atoms with E-state index in [1.165, 1.54) is 12.6 Å². The van der Waals surface area contributed by atoms with Crippen molar-refractivity contribution in [3.63, 3.8) is 0 Å². The number of nitrogens with two attached hydrogens (primary N) is 1. The van der Waals surface area contributed by atoms with Crippen LogP contribution in [0.3, 0.4) is 0 Å². The number of quaternary nitrogens is 1. The van der Waals surface area contributed by atoms with Gasteiger partial charge in [0.2, 0.25) is 5.88 Å². The van der Waals surface area contributed by atoms with E-state index in [2.05, 4.69) is 4.98 Å². The second-order valence-electron chi connectivity index (χ2n) is 5.01. The van der Waals surface area contributed by atoms with Crippen molar-refractivity contribution in [3.8, 4) is 5.88 Å². The number of aromatic nitrogens is 2. The van der Waals surface area contributed by atoms with Crippen LogP contribution in [0.25, 0.3) is 0 Å². The van der Waals surface area contributed by atoms with E-state index in [1.807, 2.05) is 29.6 Å². The summed E-state index contributed by atoms with van der Waals surface area (Å²) in [6.45, 7) is 0.837. The van der Waals surface area contributed by atoms with Crippen molar-refractivity contribution in [1.82, 2.24) is 9.55 Å². The molecule has 20 heavy (non-hydrogen) atoms. The Kier molecular flexibility index (Phi) is 2.94. The van der Waals surface area contributed by atoms with Gasteiger partial charge in [0.05, 0.1) is 6.54 Å². The summed E-state index contributed by atoms with van der Waals surface area (Å²) in [7, 11) is 1.44. The highest BCUT2D eigenvalue weighted by Crippen LogP contribution is 2.26. The monoisotopic (exact) mass is 274 g/mol. The van der Waals surface area contributed by atoms with E-state index >= 15 is 0 Å². The molecule has 1 aliphatic rings. The molecule has 0 aliphatic carbocycles. The van der Waals surface area contributed by atoms with Crippen LogP contribution in [-0.2, 0) is 13.5 Å². The van der Waals surface area contributed by atoms with Crippen molar-refractivity contribution < 1.29 is 10.4 Å². The van der Waals surface area contributed by atoms with E-state index in [9.17, 15) is 14.7 Å². The van der Waals surface area contributed by atoms with Gasteiger partial charge in [-0.3, -0.25) is 14.3 Å². The highest BCUT2D eigenvalue weighted by Gasteiger charge is 2.30. The molecule has 1 aromatic heterocycles. The Labute approximate surface area is 114 Å². The maximum absolute atomic E-state index is 12.1. The zero-order valence-electron chi connectivity index (χ0n) is 11.1. The Bertz CT molecular complexity index is 776. The van der Waals surface area contributed by atoms with E-state index in [1.54, 1.807) is 0 Å². The molecule has 0 saturated carbocycles. The predicted octanol–water partition coefficient (Wildman–Crippen LogP) is -1.01. The second-order valence-corrected chi connectivity index (χ2v) is 5.01. The number of hydrogen-bond donors (Lipinski definition) is 3. The summed E-state index contributed by atoms with van der Waals surface area (Å²) < 4.78 is 1.06. The molecule has 2 heterocycles. The number of rotatable bonds is 1. The maximum Gasteiger partial charge on any atom is 0.330 e. The zero-order chi connectivity index (χ0) is 14.3. The molecule has 1 aromatic carbocycles. The van der Waals surface area contributed by atoms with Crippen molar-refractivity contribution >= 4 is 0 Å². The average Bonchev–Trinajstić information content (AvgIpc) is 2.45. The van der Waals surface area contributed by atoms with Crippen LogP contribution in [0, 0.1) is 0 Å². The molecular formula is C14H16N3O3+. The molecule has 104 valence electrons. The van der Waals surface area contributed by atoms with Gasteiger partial charge in [0.1, 0.15) is 11.6 Å². The van der Waals surface area contributed by atoms with Gasteiger partial charge in [-0.15, -0.1) is 0 Å². The fourth-order valence-electron chi connectivity index (χ4n) is 2.78. The molecule has 6 nitrogen and oxygen atoms in total. The van der Waals surface area contributed by atoms with Crippen LogP contribution in [0.5, 0.6) is 5.88 Å². The predicted molar refractivity (Wildman–Crippen MR) is 72.7 cm³/mol. The second kappa shape index (κ2) is 4.64. The molecule has 3 rings (SSSR count). The van der Waals surface area contributed by atoms with Crippen molar-refractivity contribution in [3.05, 3.63) is 61.8 Å². The smallest absolute Gasteiger partial charge is 0.330 e. The standard InChI is InChI=1S/C14H15N3O3/c1-17-13(19)10(12(18)16-14(17)20)11-9-5-3-2-4-8(9)6-7-15-11/h2-5,11,15,19H,6-7H2,1H3,(H,16,18,20)/p+1/t11-/m0/s1. The fourth-order valence-corrected chi connectivity index (χ4v) is 2.78. The Morgan fingerprint density at radius 2 is 2.10 bits per heavy atom. The Morgan fingerprint density at radius 1 is 1.35 bits per heavy atom. The molecule has 0 fully saturated rings. The van der Waals surface area contributed by atoms with Gasteiger partial charge in [0.15, 0.2) is 0 Å². The maximum atomic E-state index is 12.1. The summed E-state index contributed by atoms with van der Waals surface area (Å²) in [5, 5.41) is 12.2. The average molecular weight is 274 g/mol. The molecule has 0 saturated heterocycles. The SMILES string of the molecule is Cn1c(O)c([C@H]2[NH2+]CCc3ccccc32)c(=O)[nH]c1=O. The van der Waals surface area contributed by atoms with Gasteiger partial charge >= 0.3 is 5.69 Å². The summed E-state index contributed by atoms with van der Waals surface area (Å²) in [6, 6.07) is 7.59. The van der Waals surface area contributed by atoms with Crippen LogP contribution in [-0.4, -0.2) is 21.2 Å². The van der Waals surface area contributed by atoms with Crippen LogP contribution in [0.1, 0.15) is 22.7 Å². The first-order chi connectivity index (χ1) is 9.59. The fraction of sp³-hybridized carbons (Fsp3) is 0.286. The lowest BCUT2D eigenvalue weighted by Gasteiger charge is -2.24. The number of hydrogen-bond acceptors (Lipinski definition) is 3. The lowest BCUT2D eigenvalue weighted by atomic mass is 9.91. The van der Waals surface area contributed by atoms with Crippen molar-refractivity contribution in [2.75, 3.05) is 6.54 Å². The lowest BCUT2D eigenvalue weighted by molar-refractivity contribution is -0.690. The minimum absolute atomic E-state index is 0.235. The number of fused-ring (bicyclic) bond motifs is 1. The van der Waals surface area contributed by atoms with Crippen molar-refractivity contribution in [2.45, 2.75) is 12.5 Å². The molecule has 1 aliphatic heterocycles. The molecule has 2 aromatic rings. The van der Waals surface area contributed by atoms with Gasteiger partial charge in [-0.05, 0) is 5.56 Å². The lowest BCUT2D eigenvalue weighted by Crippen LogP contribution is -2.87. The summed E-state index contributed by atoms with van der Waals surface area (Å²) >= 11 is 0. The van der Waals surface area contributed by atoms with Crippen LogP contribution in [0.4, 0.5) is 0 Å². The van der Waals surface area contributed by atoms with E-state index < -0.39 is 11.2 Å². The molecule has 0 radical (unpaired) electrons. The highest BCUT2D eigenvalue weighted by molar-refractivity contribution is 5.39. The number of H-pyrrole nitrogens is 1. The van der Waals surface area contributed by atoms with Crippen LogP contribution in [0.2, 0.25) is 0 Å². The van der Waals surface area contributed by atoms with Crippen LogP contribution in [0.15, 0.2) is 33.9 Å². The summed E-state index contributed by atoms with van der Waals surface area (Å²) in [5.41, 5.74) is 1.29. The van der Waals surface area contributed by atoms with Gasteiger partial charge < -0.3 is 10.4 Å². The number of aromatic amines is 1. The molecule has 6 heteroatoms. The summed E-state index contributed by atoms with van der Waals surface area (Å²) in [4.78, 5) is 25.8. The van der Waals surface area contributed by atoms with Crippen LogP contribution < -0.4 is 16.6 Å². The van der Waals surface area contributed by atoms with Gasteiger partial charge in [-0.25, -0.2) is 4.79 Å². The topological polar surface area (TPSA) is 91.7 Å². The Morgan fingerprint density at radius 3 is 2.90 bits per heavy atom. The first kappa shape index (κ1) is 12.7. The first-order valence-corrected chi connectivity index (χ1v) is 6.53. The number of benzene rings is 1. The van der Waals surface area contributed by atoms with Gasteiger partial charge in [0.25, 0.3) is 5.56 Å². The quantitative estimate of drug-likeness (QED) is 0.622. The third-order valence-corrected chi connectivity index (χ3v) is 3.85. The summed E-state index contributed by atoms with van der Waals surface area (Å²) in [5.74, 6) is -0.267. The van der Waals surface area contributed by atoms with Crippen molar-refractivity contribution in [2.24, 2.45) is 7.05 Å². The molecule has 0 bridgehead atoms. The number of nitrogens with one attached hydrogen (secondary N) is 1. The van der Waals surface area contributed by atoms with Crippen LogP contribution >= 0.6 is 0 Å². The zero-order valence-corrected chi connectivity index (χ0v) is 11.1. The van der Waals surface area contributed by atoms with E-state index in [4.69, 9.17) is 0 Å². The highest BCUT2D eigenvalue weighted by atomic mass is 16.3. The van der Waals surface area contributed by atoms with Gasteiger partial charge in [-0.1, -0.05) is 24.3 Å². The van der Waals surface area contributed by atoms with Crippen molar-refractivity contribution in [1.29, 1.82) is 0 Å². The molecule has 4 N–H and O–H groups in total. The van der Waals surface area contributed by atoms with Gasteiger partial charge in [0, 0.05) is 19.0 Å². The Hall–Kier alpha value is -2.34. The number of aromatic hydroxyl groups is 1. The summed E-state index contributed by atoms with van der Waals surface area (Å²) in [6.07, 6.45) is 0.928. The minimum Gasteiger partial charge on any atom is -0.494 e. The van der Waals surface area contributed by atoms with Gasteiger partial charge in [-0.2, -0.15) is 0 Å². The van der Waals surface area contributed by atoms with E-state index in [-0.39, 0.29) is 17.5 Å². The molecule has 0 unspecified atom stereocenters. The molecule has 0 spiro atoms.